The van der Waals surface area contributed by atoms with Crippen molar-refractivity contribution in [2.24, 2.45) is 0 Å². The van der Waals surface area contributed by atoms with Gasteiger partial charge in [0.2, 0.25) is 15.9 Å². The minimum absolute atomic E-state index is 0.0928. The summed E-state index contributed by atoms with van der Waals surface area (Å²) in [4.78, 5) is 6.75. The molecular weight excluding hydrogens is 414 g/mol. The second-order valence-electron chi connectivity index (χ2n) is 7.05. The normalized spacial score (nSPS) is 16.4. The predicted molar refractivity (Wildman–Crippen MR) is 111 cm³/mol. The van der Waals surface area contributed by atoms with Gasteiger partial charge in [-0.3, -0.25) is 4.90 Å². The summed E-state index contributed by atoms with van der Waals surface area (Å²) in [6, 6.07) is 10.5. The van der Waals surface area contributed by atoms with E-state index in [2.05, 4.69) is 9.88 Å². The van der Waals surface area contributed by atoms with Gasteiger partial charge in [0.15, 0.2) is 5.58 Å². The maximum absolute atomic E-state index is 13.1. The molecule has 1 aromatic heterocycles. The number of hydrogen-bond acceptors (Lipinski definition) is 6. The highest BCUT2D eigenvalue weighted by Crippen LogP contribution is 2.30. The number of ether oxygens (including phenoxy) is 1. The van der Waals surface area contributed by atoms with Gasteiger partial charge in [0.25, 0.3) is 0 Å². The molecule has 7 nitrogen and oxygen atoms in total. The van der Waals surface area contributed by atoms with Crippen molar-refractivity contribution < 1.29 is 17.6 Å². The van der Waals surface area contributed by atoms with Crippen LogP contribution in [0.4, 0.5) is 0 Å². The zero-order valence-electron chi connectivity index (χ0n) is 16.3. The summed E-state index contributed by atoms with van der Waals surface area (Å²) in [6.07, 6.45) is 0. The molecule has 0 radical (unpaired) electrons. The number of hydrogen-bond donors (Lipinski definition) is 0. The molecule has 3 aromatic rings. The smallest absolute Gasteiger partial charge is 0.246 e. The zero-order chi connectivity index (χ0) is 20.6. The van der Waals surface area contributed by atoms with Crippen LogP contribution in [0.3, 0.4) is 0 Å². The first-order valence-corrected chi connectivity index (χ1v) is 11.1. The summed E-state index contributed by atoms with van der Waals surface area (Å²) in [5, 5.41) is 0.356. The molecule has 0 amide bonds. The van der Waals surface area contributed by atoms with Crippen molar-refractivity contribution in [1.29, 1.82) is 0 Å². The van der Waals surface area contributed by atoms with Gasteiger partial charge in [-0.25, -0.2) is 13.4 Å². The van der Waals surface area contributed by atoms with Crippen LogP contribution in [-0.2, 0) is 16.6 Å². The summed E-state index contributed by atoms with van der Waals surface area (Å²) in [7, 11) is -2.24. The number of sulfonamides is 1. The van der Waals surface area contributed by atoms with E-state index in [1.807, 2.05) is 25.1 Å². The molecule has 1 aliphatic rings. The van der Waals surface area contributed by atoms with Crippen LogP contribution < -0.4 is 4.74 Å². The fourth-order valence-corrected chi connectivity index (χ4v) is 5.30. The van der Waals surface area contributed by atoms with Gasteiger partial charge < -0.3 is 9.15 Å². The Hall–Kier alpha value is -2.13. The van der Waals surface area contributed by atoms with Crippen LogP contribution in [0.25, 0.3) is 11.1 Å². The number of aromatic nitrogens is 1. The number of halogens is 1. The van der Waals surface area contributed by atoms with Crippen LogP contribution in [-0.4, -0.2) is 55.9 Å². The molecule has 1 aliphatic heterocycles. The summed E-state index contributed by atoms with van der Waals surface area (Å²) >= 11 is 6.01. The number of oxazole rings is 1. The Balaban J connectivity index is 1.45. The van der Waals surface area contributed by atoms with Gasteiger partial charge in [-0.1, -0.05) is 17.7 Å². The van der Waals surface area contributed by atoms with Crippen LogP contribution in [0.15, 0.2) is 45.7 Å². The van der Waals surface area contributed by atoms with Gasteiger partial charge in [-0.05, 0) is 42.8 Å². The molecule has 0 unspecified atom stereocenters. The van der Waals surface area contributed by atoms with Crippen molar-refractivity contribution >= 4 is 32.7 Å². The third-order valence-corrected chi connectivity index (χ3v) is 7.18. The minimum atomic E-state index is -3.69. The molecule has 0 saturated carbocycles. The molecule has 0 atom stereocenters. The summed E-state index contributed by atoms with van der Waals surface area (Å²) in [5.74, 6) is 0.928. The van der Waals surface area contributed by atoms with E-state index in [0.29, 0.717) is 49.4 Å². The molecule has 4 rings (SSSR count). The molecular formula is C20H22ClN3O4S. The average Bonchev–Trinajstić information content (AvgIpc) is 3.09. The summed E-state index contributed by atoms with van der Waals surface area (Å²) < 4.78 is 38.7. The first kappa shape index (κ1) is 20.2. The number of piperazine rings is 1. The highest BCUT2D eigenvalue weighted by atomic mass is 35.5. The summed E-state index contributed by atoms with van der Waals surface area (Å²) in [5.41, 5.74) is 2.73. The van der Waals surface area contributed by atoms with E-state index >= 15 is 0 Å². The van der Waals surface area contributed by atoms with E-state index in [0.717, 1.165) is 16.7 Å². The Bertz CT molecular complexity index is 1140. The Kier molecular flexibility index (Phi) is 5.52. The molecule has 2 aromatic carbocycles. The van der Waals surface area contributed by atoms with Gasteiger partial charge in [-0.15, -0.1) is 0 Å². The first-order chi connectivity index (χ1) is 13.9. The van der Waals surface area contributed by atoms with Gasteiger partial charge in [0.05, 0.1) is 13.7 Å². The van der Waals surface area contributed by atoms with Gasteiger partial charge in [-0.2, -0.15) is 4.31 Å². The van der Waals surface area contributed by atoms with Gasteiger partial charge >= 0.3 is 0 Å². The number of fused-ring (bicyclic) bond motifs is 1. The van der Waals surface area contributed by atoms with Crippen molar-refractivity contribution in [2.45, 2.75) is 18.4 Å². The molecule has 0 bridgehead atoms. The lowest BCUT2D eigenvalue weighted by molar-refractivity contribution is 0.169. The molecule has 2 heterocycles. The first-order valence-electron chi connectivity index (χ1n) is 9.29. The molecule has 9 heteroatoms. The molecule has 29 heavy (non-hydrogen) atoms. The van der Waals surface area contributed by atoms with Crippen LogP contribution in [0.1, 0.15) is 11.5 Å². The van der Waals surface area contributed by atoms with Crippen molar-refractivity contribution in [1.82, 2.24) is 14.2 Å². The molecule has 1 saturated heterocycles. The maximum Gasteiger partial charge on any atom is 0.246 e. The lowest BCUT2D eigenvalue weighted by Crippen LogP contribution is -2.48. The molecule has 0 N–H and O–H groups in total. The predicted octanol–water partition coefficient (Wildman–Crippen LogP) is 3.30. The monoisotopic (exact) mass is 435 g/mol. The number of benzene rings is 2. The third kappa shape index (κ3) is 4.11. The highest BCUT2D eigenvalue weighted by Gasteiger charge is 2.31. The Morgan fingerprint density at radius 3 is 2.62 bits per heavy atom. The van der Waals surface area contributed by atoms with Crippen LogP contribution in [0.2, 0.25) is 5.02 Å². The standard InChI is InChI=1S/C20H22ClN3O4S/c1-14-3-5-16-18(11-14)28-20(22-16)13-23-7-9-24(10-8-23)29(25,26)19-12-15(21)4-6-17(19)27-2/h3-6,11-12H,7-10,13H2,1-2H3. The Morgan fingerprint density at radius 2 is 1.90 bits per heavy atom. The number of methoxy groups -OCH3 is 1. The molecule has 0 spiro atoms. The van der Waals surface area contributed by atoms with Crippen molar-refractivity contribution in [3.05, 3.63) is 52.9 Å². The van der Waals surface area contributed by atoms with Crippen LogP contribution in [0.5, 0.6) is 5.75 Å². The second-order valence-corrected chi connectivity index (χ2v) is 9.40. The van der Waals surface area contributed by atoms with E-state index in [-0.39, 0.29) is 4.90 Å². The van der Waals surface area contributed by atoms with E-state index in [1.165, 1.54) is 17.5 Å². The number of rotatable bonds is 5. The van der Waals surface area contributed by atoms with Crippen LogP contribution >= 0.6 is 11.6 Å². The molecule has 1 fully saturated rings. The van der Waals surface area contributed by atoms with E-state index in [4.69, 9.17) is 20.8 Å². The number of aryl methyl sites for hydroxylation is 1. The van der Waals surface area contributed by atoms with Crippen LogP contribution in [0, 0.1) is 6.92 Å². The lowest BCUT2D eigenvalue weighted by atomic mass is 10.2. The largest absolute Gasteiger partial charge is 0.495 e. The highest BCUT2D eigenvalue weighted by molar-refractivity contribution is 7.89. The fraction of sp³-hybridized carbons (Fsp3) is 0.350. The SMILES string of the molecule is COc1ccc(Cl)cc1S(=O)(=O)N1CCN(Cc2nc3ccc(C)cc3o2)CC1. The van der Waals surface area contributed by atoms with Crippen molar-refractivity contribution in [2.75, 3.05) is 33.3 Å². The van der Waals surface area contributed by atoms with Gasteiger partial charge in [0, 0.05) is 31.2 Å². The van der Waals surface area contributed by atoms with E-state index in [1.54, 1.807) is 12.1 Å². The van der Waals surface area contributed by atoms with Gasteiger partial charge in [0.1, 0.15) is 16.2 Å². The second kappa shape index (κ2) is 7.95. The van der Waals surface area contributed by atoms with Crippen molar-refractivity contribution in [3.8, 4) is 5.75 Å². The number of nitrogens with zero attached hydrogens (tertiary/aromatic N) is 3. The Morgan fingerprint density at radius 1 is 1.14 bits per heavy atom. The quantitative estimate of drug-likeness (QED) is 0.612. The fourth-order valence-electron chi connectivity index (χ4n) is 3.46. The third-order valence-electron chi connectivity index (χ3n) is 5.02. The maximum atomic E-state index is 13.1. The molecule has 0 aliphatic carbocycles. The zero-order valence-corrected chi connectivity index (χ0v) is 17.8. The van der Waals surface area contributed by atoms with E-state index in [9.17, 15) is 8.42 Å². The average molecular weight is 436 g/mol. The lowest BCUT2D eigenvalue weighted by Gasteiger charge is -2.33. The minimum Gasteiger partial charge on any atom is -0.495 e. The van der Waals surface area contributed by atoms with E-state index < -0.39 is 10.0 Å². The molecule has 154 valence electrons. The Labute approximate surface area is 174 Å². The summed E-state index contributed by atoms with van der Waals surface area (Å²) in [6.45, 7) is 4.46. The van der Waals surface area contributed by atoms with Crippen molar-refractivity contribution in [3.63, 3.8) is 0 Å². The topological polar surface area (TPSA) is 75.9 Å².